The highest BCUT2D eigenvalue weighted by molar-refractivity contribution is 7.99. The molecule has 0 unspecified atom stereocenters. The Morgan fingerprint density at radius 1 is 0.735 bits per heavy atom. The maximum atomic E-state index is 12.9. The normalized spacial score (nSPS) is 14.8. The number of anilines is 2. The largest absolute Gasteiger partial charge is 0.505 e. The summed E-state index contributed by atoms with van der Waals surface area (Å²) in [6, 6.07) is 22.3. The molecule has 0 spiro atoms. The summed E-state index contributed by atoms with van der Waals surface area (Å²) in [7, 11) is -5.64. The van der Waals surface area contributed by atoms with Crippen molar-refractivity contribution in [3.05, 3.63) is 95.1 Å². The number of methoxy groups -OCH3 is 1. The maximum Gasteiger partial charge on any atom is 0.259 e. The van der Waals surface area contributed by atoms with Crippen LogP contribution >= 0.6 is 23.5 Å². The summed E-state index contributed by atoms with van der Waals surface area (Å²) in [5.41, 5.74) is 1.27. The minimum Gasteiger partial charge on any atom is -0.505 e. The monoisotopic (exact) mass is 734 g/mol. The van der Waals surface area contributed by atoms with E-state index in [1.165, 1.54) is 70.8 Å². The van der Waals surface area contributed by atoms with Crippen LogP contribution in [0.1, 0.15) is 31.8 Å². The number of ether oxygens (including phenoxy) is 1. The van der Waals surface area contributed by atoms with Gasteiger partial charge in [0.1, 0.15) is 35.4 Å². The van der Waals surface area contributed by atoms with Crippen LogP contribution < -0.4 is 14.5 Å². The van der Waals surface area contributed by atoms with Crippen LogP contribution in [0, 0.1) is 22.7 Å². The molecule has 0 bridgehead atoms. The summed E-state index contributed by atoms with van der Waals surface area (Å²) < 4.78 is 54.2. The van der Waals surface area contributed by atoms with Crippen molar-refractivity contribution in [2.24, 2.45) is 0 Å². The van der Waals surface area contributed by atoms with Gasteiger partial charge in [-0.2, -0.15) is 10.5 Å². The number of fused-ring (bicyclic) bond motifs is 2. The van der Waals surface area contributed by atoms with Crippen LogP contribution in [-0.4, -0.2) is 65.1 Å². The number of phenolic OH excluding ortho intramolecular Hbond substituents is 1. The molecule has 2 amide bonds. The number of carbonyl (C=O) groups is 2. The quantitative estimate of drug-likeness (QED) is 0.269. The van der Waals surface area contributed by atoms with Crippen LogP contribution in [0.4, 0.5) is 11.4 Å². The first-order chi connectivity index (χ1) is 23.3. The second-order valence-electron chi connectivity index (χ2n) is 10.4. The third kappa shape index (κ3) is 6.56. The van der Waals surface area contributed by atoms with Gasteiger partial charge in [-0.25, -0.2) is 16.8 Å². The van der Waals surface area contributed by atoms with Crippen molar-refractivity contribution >= 4 is 66.4 Å². The Kier molecular flexibility index (Phi) is 9.98. The summed E-state index contributed by atoms with van der Waals surface area (Å²) in [5.74, 6) is -1.63. The maximum absolute atomic E-state index is 12.9. The Balaban J connectivity index is 0.000000191. The minimum absolute atomic E-state index is 0.0273. The lowest BCUT2D eigenvalue weighted by Crippen LogP contribution is -2.30. The number of carbonyl (C=O) groups excluding carboxylic acids is 2. The zero-order valence-electron chi connectivity index (χ0n) is 26.1. The van der Waals surface area contributed by atoms with E-state index in [-0.39, 0.29) is 37.8 Å². The molecule has 1 N–H and O–H groups in total. The zero-order chi connectivity index (χ0) is 35.7. The van der Waals surface area contributed by atoms with Crippen LogP contribution in [0.15, 0.2) is 92.4 Å². The Labute approximate surface area is 291 Å². The topological polar surface area (TPSA) is 186 Å². The number of phenols is 1. The van der Waals surface area contributed by atoms with Crippen LogP contribution in [0.5, 0.6) is 11.5 Å². The number of hydrogen-bond acceptors (Lipinski definition) is 12. The molecule has 2 aliphatic heterocycles. The molecule has 2 heterocycles. The second kappa shape index (κ2) is 13.9. The van der Waals surface area contributed by atoms with E-state index >= 15 is 0 Å². The molecule has 2 aliphatic rings. The van der Waals surface area contributed by atoms with E-state index in [1.54, 1.807) is 48.7 Å². The Hall–Kier alpha value is -5.00. The van der Waals surface area contributed by atoms with Gasteiger partial charge in [-0.3, -0.25) is 19.4 Å². The van der Waals surface area contributed by atoms with E-state index in [0.29, 0.717) is 26.9 Å². The fraction of sp³-hybridized carbons (Fsp3) is 0.152. The van der Waals surface area contributed by atoms with Crippen molar-refractivity contribution in [1.29, 1.82) is 10.5 Å². The summed E-state index contributed by atoms with van der Waals surface area (Å²) >= 11 is 2.54. The summed E-state index contributed by atoms with van der Waals surface area (Å²) in [6.07, 6.45) is 3.52. The lowest BCUT2D eigenvalue weighted by Gasteiger charge is -2.17. The van der Waals surface area contributed by atoms with Gasteiger partial charge in [0.25, 0.3) is 11.8 Å². The van der Waals surface area contributed by atoms with Crippen molar-refractivity contribution in [1.82, 2.24) is 0 Å². The third-order valence-electron chi connectivity index (χ3n) is 7.58. The highest BCUT2D eigenvalue weighted by Crippen LogP contribution is 2.38. The first-order valence-electron chi connectivity index (χ1n) is 14.1. The van der Waals surface area contributed by atoms with Gasteiger partial charge in [0.15, 0.2) is 19.7 Å². The van der Waals surface area contributed by atoms with Gasteiger partial charge in [-0.15, -0.1) is 23.5 Å². The number of nitrogens with zero attached hydrogens (tertiary/aromatic N) is 4. The van der Waals surface area contributed by atoms with E-state index in [9.17, 15) is 36.8 Å². The van der Waals surface area contributed by atoms with Crippen molar-refractivity contribution in [3.8, 4) is 23.6 Å². The second-order valence-corrected chi connectivity index (χ2v) is 16.0. The number of para-hydroxylation sites is 2. The Bertz CT molecular complexity index is 2330. The van der Waals surface area contributed by atoms with Gasteiger partial charge in [-0.05, 0) is 61.0 Å². The van der Waals surface area contributed by atoms with Gasteiger partial charge in [-0.1, -0.05) is 24.3 Å². The standard InChI is InChI=1S/C17H14N2O4S2.C16H12N2O4S2/c1-23-16-12(9-18)7-11(8-14(16)24-2)17(20)19-10-25(21,22)15-6-4-3-5-13(15)19;1-23-13-7-10(6-11(8-17)15(13)19)16(20)18-9-24(21,22)14-5-3-2-4-12(14)18/h3-8H,10H2,1-2H3;2-7,19H,9H2,1H3. The number of hydrogen-bond donors (Lipinski definition) is 1. The van der Waals surface area contributed by atoms with Gasteiger partial charge < -0.3 is 9.84 Å². The molecule has 6 rings (SSSR count). The SMILES string of the molecule is COc1c(C#N)cc(C(=O)N2CS(=O)(=O)c3ccccc32)cc1SC.CSc1cc(C(=O)N2CS(=O)(=O)c3ccccc32)cc(C#N)c1O. The van der Waals surface area contributed by atoms with Crippen LogP contribution in [0.2, 0.25) is 0 Å². The van der Waals surface area contributed by atoms with Crippen molar-refractivity contribution in [3.63, 3.8) is 0 Å². The molecule has 0 saturated carbocycles. The first kappa shape index (κ1) is 35.3. The van der Waals surface area contributed by atoms with E-state index < -0.39 is 43.2 Å². The number of nitriles is 2. The number of benzene rings is 4. The fourth-order valence-corrected chi connectivity index (χ4v) is 9.50. The smallest absolute Gasteiger partial charge is 0.259 e. The number of amides is 2. The molecule has 250 valence electrons. The molecule has 0 atom stereocenters. The van der Waals surface area contributed by atoms with Crippen LogP contribution in [0.25, 0.3) is 0 Å². The Morgan fingerprint density at radius 2 is 1.16 bits per heavy atom. The predicted molar refractivity (Wildman–Crippen MR) is 185 cm³/mol. The third-order valence-corrected chi connectivity index (χ3v) is 12.3. The van der Waals surface area contributed by atoms with Crippen molar-refractivity contribution in [2.75, 3.05) is 41.2 Å². The molecular weight excluding hydrogens is 709 g/mol. The highest BCUT2D eigenvalue weighted by atomic mass is 32.2. The average molecular weight is 735 g/mol. The molecule has 0 aromatic heterocycles. The molecular formula is C33H26N4O8S4. The molecule has 4 aromatic carbocycles. The zero-order valence-corrected chi connectivity index (χ0v) is 29.3. The lowest BCUT2D eigenvalue weighted by atomic mass is 10.1. The minimum atomic E-state index is -3.56. The molecule has 16 heteroatoms. The molecule has 49 heavy (non-hydrogen) atoms. The predicted octanol–water partition coefficient (Wildman–Crippen LogP) is 5.06. The fourth-order valence-electron chi connectivity index (χ4n) is 5.30. The lowest BCUT2D eigenvalue weighted by molar-refractivity contribution is 0.0983. The molecule has 0 fully saturated rings. The number of thioether (sulfide) groups is 2. The molecule has 0 aliphatic carbocycles. The average Bonchev–Trinajstić information content (AvgIpc) is 3.55. The number of sulfone groups is 2. The molecule has 0 radical (unpaired) electrons. The van der Waals surface area contributed by atoms with Gasteiger partial charge in [0.2, 0.25) is 0 Å². The van der Waals surface area contributed by atoms with Gasteiger partial charge >= 0.3 is 0 Å². The van der Waals surface area contributed by atoms with E-state index in [0.717, 1.165) is 0 Å². The number of aromatic hydroxyl groups is 1. The van der Waals surface area contributed by atoms with Gasteiger partial charge in [0.05, 0.1) is 49.2 Å². The number of rotatable bonds is 5. The van der Waals surface area contributed by atoms with E-state index in [2.05, 4.69) is 0 Å². The highest BCUT2D eigenvalue weighted by Gasteiger charge is 2.37. The summed E-state index contributed by atoms with van der Waals surface area (Å²) in [5, 5.41) is 28.4. The molecule has 12 nitrogen and oxygen atoms in total. The van der Waals surface area contributed by atoms with Gasteiger partial charge in [0, 0.05) is 11.1 Å². The summed E-state index contributed by atoms with van der Waals surface area (Å²) in [6.45, 7) is 0. The first-order valence-corrected chi connectivity index (χ1v) is 19.8. The van der Waals surface area contributed by atoms with E-state index in [1.807, 2.05) is 18.4 Å². The summed E-state index contributed by atoms with van der Waals surface area (Å²) in [4.78, 5) is 29.4. The molecule has 0 saturated heterocycles. The molecule has 4 aromatic rings. The van der Waals surface area contributed by atoms with Crippen molar-refractivity contribution < 1.29 is 36.3 Å². The van der Waals surface area contributed by atoms with E-state index in [4.69, 9.17) is 10.00 Å². The Morgan fingerprint density at radius 3 is 1.59 bits per heavy atom. The van der Waals surface area contributed by atoms with Crippen LogP contribution in [0.3, 0.4) is 0 Å². The van der Waals surface area contributed by atoms with Crippen molar-refractivity contribution in [2.45, 2.75) is 19.6 Å². The van der Waals surface area contributed by atoms with Crippen LogP contribution in [-0.2, 0) is 19.7 Å².